The molecule has 1 fully saturated rings. The number of aromatic nitrogens is 3. The number of β-lactam (4-membered cyclic amide) rings is 1. The van der Waals surface area contributed by atoms with Crippen LogP contribution in [0, 0.1) is 0 Å². The van der Waals surface area contributed by atoms with Gasteiger partial charge in [0.25, 0.3) is 11.8 Å². The summed E-state index contributed by atoms with van der Waals surface area (Å²) in [7, 11) is 0. The Morgan fingerprint density at radius 3 is 2.94 bits per heavy atom. The number of anilines is 1. The molecule has 4 heterocycles. The van der Waals surface area contributed by atoms with Crippen LogP contribution >= 0.6 is 46.2 Å². The molecule has 13 nitrogen and oxygen atoms in total. The van der Waals surface area contributed by atoms with Crippen molar-refractivity contribution in [3.8, 4) is 0 Å². The number of rotatable bonds is 11. The molecule has 35 heavy (non-hydrogen) atoms. The Bertz CT molecular complexity index is 1200. The van der Waals surface area contributed by atoms with Crippen molar-refractivity contribution in [2.45, 2.75) is 22.7 Å². The van der Waals surface area contributed by atoms with Gasteiger partial charge in [0.1, 0.15) is 34.9 Å². The highest BCUT2D eigenvalue weighted by molar-refractivity contribution is 8.01. The van der Waals surface area contributed by atoms with E-state index in [2.05, 4.69) is 31.0 Å². The lowest BCUT2D eigenvalue weighted by Gasteiger charge is -2.49. The summed E-state index contributed by atoms with van der Waals surface area (Å²) in [5.74, 6) is -1.73. The Balaban J connectivity index is 1.49. The van der Waals surface area contributed by atoms with Crippen LogP contribution < -0.4 is 10.6 Å². The molecule has 3 N–H and O–H groups in total. The number of thiazole rings is 1. The third kappa shape index (κ3) is 5.31. The van der Waals surface area contributed by atoms with Crippen LogP contribution in [0.1, 0.15) is 12.6 Å². The number of hydrogen-bond donors (Lipinski definition) is 3. The van der Waals surface area contributed by atoms with E-state index in [0.717, 1.165) is 11.3 Å². The van der Waals surface area contributed by atoms with E-state index < -0.39 is 29.2 Å². The van der Waals surface area contributed by atoms with E-state index in [1.165, 1.54) is 45.1 Å². The van der Waals surface area contributed by atoms with E-state index in [1.807, 2.05) is 0 Å². The zero-order chi connectivity index (χ0) is 24.9. The third-order valence-corrected chi connectivity index (χ3v) is 8.74. The molecule has 1 saturated heterocycles. The van der Waals surface area contributed by atoms with Crippen molar-refractivity contribution in [2.75, 3.05) is 23.4 Å². The molecule has 17 heteroatoms. The Morgan fingerprint density at radius 2 is 2.26 bits per heavy atom. The maximum absolute atomic E-state index is 13.0. The molecule has 2 aliphatic heterocycles. The highest BCUT2D eigenvalue weighted by atomic mass is 32.2. The minimum absolute atomic E-state index is 0.0754. The van der Waals surface area contributed by atoms with Gasteiger partial charge in [-0.1, -0.05) is 28.3 Å². The lowest BCUT2D eigenvalue weighted by molar-refractivity contribution is -0.150. The molecule has 4 rings (SSSR count). The smallest absolute Gasteiger partial charge is 0.352 e. The molecule has 0 aliphatic carbocycles. The van der Waals surface area contributed by atoms with E-state index in [1.54, 1.807) is 12.4 Å². The largest absolute Gasteiger partial charge is 0.477 e. The minimum Gasteiger partial charge on any atom is -0.477 e. The summed E-state index contributed by atoms with van der Waals surface area (Å²) in [5, 5.41) is 27.5. The molecule has 2 aliphatic rings. The second kappa shape index (κ2) is 11.1. The second-order valence-corrected chi connectivity index (χ2v) is 10.8. The molecular formula is C18H17N7O6S4. The number of carboxylic acid groups (broad SMARTS) is 1. The van der Waals surface area contributed by atoms with Gasteiger partial charge in [-0.3, -0.25) is 19.3 Å². The molecule has 184 valence electrons. The molecule has 0 saturated carbocycles. The fourth-order valence-corrected chi connectivity index (χ4v) is 6.84. The average Bonchev–Trinajstić information content (AvgIpc) is 3.53. The number of carbonyl (C=O) groups excluding carboxylic acids is 3. The number of nitrogens with zero attached hydrogens (tertiary/aromatic N) is 5. The van der Waals surface area contributed by atoms with Gasteiger partial charge in [-0.2, -0.15) is 0 Å². The standard InChI is InChI=1S/C18H17N7O6S4/c1-2-31-24-10(9-5-33-17(21-9)19-6-26)13(27)22-11-14(28)25-12(16(29)30)8(3-32-15(11)25)4-34-18-23-20-7-35-18/h5-7,11,15H,2-4H2,1H3,(H,22,27)(H,29,30)(H,19,21,26)/t11?,15-/m1/s1. The Kier molecular flexibility index (Phi) is 7.99. The summed E-state index contributed by atoms with van der Waals surface area (Å²) < 4.78 is 0.698. The van der Waals surface area contributed by atoms with E-state index in [-0.39, 0.29) is 28.8 Å². The predicted molar refractivity (Wildman–Crippen MR) is 130 cm³/mol. The van der Waals surface area contributed by atoms with Gasteiger partial charge < -0.3 is 20.6 Å². The van der Waals surface area contributed by atoms with Gasteiger partial charge in [-0.15, -0.1) is 33.3 Å². The maximum Gasteiger partial charge on any atom is 0.352 e. The number of amides is 3. The average molecular weight is 556 g/mol. The third-order valence-electron chi connectivity index (χ3n) is 4.68. The molecule has 1 unspecified atom stereocenters. The number of hydrogen-bond acceptors (Lipinski definition) is 13. The van der Waals surface area contributed by atoms with Crippen molar-refractivity contribution in [3.05, 3.63) is 27.9 Å². The number of nitrogens with one attached hydrogen (secondary N) is 2. The summed E-state index contributed by atoms with van der Waals surface area (Å²) in [5.41, 5.74) is 2.09. The topological polar surface area (TPSA) is 176 Å². The number of oxime groups is 1. The monoisotopic (exact) mass is 555 g/mol. The van der Waals surface area contributed by atoms with Gasteiger partial charge in [-0.05, 0) is 12.5 Å². The van der Waals surface area contributed by atoms with Gasteiger partial charge >= 0.3 is 5.97 Å². The van der Waals surface area contributed by atoms with Crippen LogP contribution in [0.3, 0.4) is 0 Å². The highest BCUT2D eigenvalue weighted by Gasteiger charge is 2.54. The summed E-state index contributed by atoms with van der Waals surface area (Å²) >= 11 is 5.14. The van der Waals surface area contributed by atoms with Crippen LogP contribution in [-0.4, -0.2) is 84.6 Å². The van der Waals surface area contributed by atoms with Crippen LogP contribution in [-0.2, 0) is 24.0 Å². The maximum atomic E-state index is 13.0. The molecule has 0 radical (unpaired) electrons. The van der Waals surface area contributed by atoms with Gasteiger partial charge in [0.15, 0.2) is 15.2 Å². The quantitative estimate of drug-likeness (QED) is 0.118. The first-order valence-corrected chi connectivity index (χ1v) is 13.7. The van der Waals surface area contributed by atoms with Crippen LogP contribution in [0.25, 0.3) is 0 Å². The van der Waals surface area contributed by atoms with Crippen molar-refractivity contribution in [3.63, 3.8) is 0 Å². The first kappa shape index (κ1) is 25.1. The summed E-state index contributed by atoms with van der Waals surface area (Å²) in [6.45, 7) is 1.88. The van der Waals surface area contributed by atoms with Crippen molar-refractivity contribution in [1.82, 2.24) is 25.4 Å². The summed E-state index contributed by atoms with van der Waals surface area (Å²) in [4.78, 5) is 58.9. The molecule has 3 amide bonds. The molecule has 0 spiro atoms. The van der Waals surface area contributed by atoms with Crippen LogP contribution in [0.15, 0.2) is 31.7 Å². The first-order chi connectivity index (χ1) is 16.9. The van der Waals surface area contributed by atoms with Gasteiger partial charge in [0, 0.05) is 16.9 Å². The zero-order valence-electron chi connectivity index (χ0n) is 17.9. The number of carbonyl (C=O) groups is 4. The van der Waals surface area contributed by atoms with E-state index in [0.29, 0.717) is 27.8 Å². The van der Waals surface area contributed by atoms with Crippen molar-refractivity contribution < 1.29 is 29.1 Å². The first-order valence-electron chi connectivity index (χ1n) is 9.90. The van der Waals surface area contributed by atoms with Crippen LogP contribution in [0.4, 0.5) is 5.13 Å². The summed E-state index contributed by atoms with van der Waals surface area (Å²) in [6, 6.07) is -0.947. The van der Waals surface area contributed by atoms with Gasteiger partial charge in [-0.25, -0.2) is 9.78 Å². The Morgan fingerprint density at radius 1 is 1.43 bits per heavy atom. The second-order valence-electron chi connectivity index (χ2n) is 6.77. The predicted octanol–water partition coefficient (Wildman–Crippen LogP) is 0.834. The number of thioether (sulfide) groups is 2. The Hall–Kier alpha value is -3.02. The molecular weight excluding hydrogens is 539 g/mol. The fourth-order valence-electron chi connectivity index (χ4n) is 3.21. The normalized spacial score (nSPS) is 19.6. The van der Waals surface area contributed by atoms with E-state index >= 15 is 0 Å². The van der Waals surface area contributed by atoms with Crippen molar-refractivity contribution in [1.29, 1.82) is 0 Å². The Labute approximate surface area is 214 Å². The van der Waals surface area contributed by atoms with Crippen molar-refractivity contribution in [2.24, 2.45) is 5.16 Å². The molecule has 0 aromatic carbocycles. The van der Waals surface area contributed by atoms with E-state index in [9.17, 15) is 24.3 Å². The fraction of sp³-hybridized carbons (Fsp3) is 0.333. The van der Waals surface area contributed by atoms with E-state index in [4.69, 9.17) is 4.84 Å². The highest BCUT2D eigenvalue weighted by Crippen LogP contribution is 2.41. The molecule has 2 aromatic heterocycles. The number of aliphatic carboxylic acids is 1. The summed E-state index contributed by atoms with van der Waals surface area (Å²) in [6.07, 6.45) is 0.456. The van der Waals surface area contributed by atoms with Gasteiger partial charge in [0.2, 0.25) is 6.41 Å². The zero-order valence-corrected chi connectivity index (χ0v) is 21.1. The molecule has 0 bridgehead atoms. The number of fused-ring (bicyclic) bond motifs is 1. The number of carboxylic acids is 1. The van der Waals surface area contributed by atoms with Crippen LogP contribution in [0.5, 0.6) is 0 Å². The van der Waals surface area contributed by atoms with Crippen LogP contribution in [0.2, 0.25) is 0 Å². The SMILES string of the molecule is CCON=C(C(=O)NC1C(=O)N2C(C(=O)O)=C(CSc3nncs3)CS[C@H]12)c1csc(NC=O)n1. The lowest BCUT2D eigenvalue weighted by atomic mass is 10.0. The minimum atomic E-state index is -1.21. The molecule has 2 aromatic rings. The van der Waals surface area contributed by atoms with Crippen molar-refractivity contribution >= 4 is 81.2 Å². The lowest BCUT2D eigenvalue weighted by Crippen LogP contribution is -2.71. The molecule has 2 atom stereocenters. The van der Waals surface area contributed by atoms with Gasteiger partial charge in [0.05, 0.1) is 0 Å².